The number of rotatable bonds is 2. The summed E-state index contributed by atoms with van der Waals surface area (Å²) in [4.78, 5) is 9.26. The van der Waals surface area contributed by atoms with Gasteiger partial charge in [0.1, 0.15) is 5.01 Å². The van der Waals surface area contributed by atoms with Crippen molar-refractivity contribution in [1.29, 1.82) is 0 Å². The summed E-state index contributed by atoms with van der Waals surface area (Å²) in [6.07, 6.45) is 5.63. The molecule has 2 aliphatic rings. The van der Waals surface area contributed by atoms with Crippen LogP contribution in [0.3, 0.4) is 0 Å². The van der Waals surface area contributed by atoms with Crippen molar-refractivity contribution in [1.82, 2.24) is 4.98 Å². The van der Waals surface area contributed by atoms with Gasteiger partial charge in [-0.3, -0.25) is 4.99 Å². The second-order valence-corrected chi connectivity index (χ2v) is 6.16. The molecule has 2 unspecified atom stereocenters. The molecule has 0 saturated heterocycles. The summed E-state index contributed by atoms with van der Waals surface area (Å²) in [5.74, 6) is 1.43. The lowest BCUT2D eigenvalue weighted by Gasteiger charge is -2.02. The fraction of sp³-hybridized carbons (Fsp3) is 0.333. The molecular weight excluding hydrogens is 276 g/mol. The van der Waals surface area contributed by atoms with E-state index in [-0.39, 0.29) is 0 Å². The average molecular weight is 296 g/mol. The molecular formula is C18H20N2S. The number of nitrogens with zero attached hydrogens (tertiary/aromatic N) is 2. The van der Waals surface area contributed by atoms with Crippen LogP contribution >= 0.6 is 11.3 Å². The second-order valence-electron chi connectivity index (χ2n) is 5.30. The van der Waals surface area contributed by atoms with Crippen molar-refractivity contribution in [2.75, 3.05) is 0 Å². The highest BCUT2D eigenvalue weighted by molar-refractivity contribution is 7.13. The van der Waals surface area contributed by atoms with Crippen molar-refractivity contribution in [3.05, 3.63) is 47.0 Å². The quantitative estimate of drug-likeness (QED) is 0.747. The third kappa shape index (κ3) is 2.98. The van der Waals surface area contributed by atoms with Gasteiger partial charge in [0.15, 0.2) is 0 Å². The Morgan fingerprint density at radius 2 is 2.05 bits per heavy atom. The monoisotopic (exact) mass is 296 g/mol. The molecule has 2 nitrogen and oxygen atoms in total. The smallest absolute Gasteiger partial charge is 0.124 e. The third-order valence-corrected chi connectivity index (χ3v) is 4.59. The largest absolute Gasteiger partial charge is 0.259 e. The van der Waals surface area contributed by atoms with Crippen LogP contribution in [-0.2, 0) is 0 Å². The standard InChI is InChI=1S/C16H14N2S.C2H6/c1-10-3-2-4-11(5-10)16-18-15(9-19-16)14-7-12-6-13(12)8-17-14;1-2/h2-5,7-9,12-13H,6H2,1H3;1-2H3. The summed E-state index contributed by atoms with van der Waals surface area (Å²) in [7, 11) is 0. The number of aryl methyl sites for hydroxylation is 1. The minimum Gasteiger partial charge on any atom is -0.259 e. The summed E-state index contributed by atoms with van der Waals surface area (Å²) < 4.78 is 0. The van der Waals surface area contributed by atoms with Crippen LogP contribution in [0.5, 0.6) is 0 Å². The SMILES string of the molecule is CC.Cc1cccc(-c2nc(C3=CC4CC4C=N3)cs2)c1. The van der Waals surface area contributed by atoms with E-state index in [1.54, 1.807) is 11.3 Å². The molecule has 1 aromatic heterocycles. The number of allylic oxidation sites excluding steroid dienone is 1. The molecule has 0 N–H and O–H groups in total. The molecule has 3 heteroatoms. The maximum Gasteiger partial charge on any atom is 0.124 e. The van der Waals surface area contributed by atoms with Gasteiger partial charge in [0.2, 0.25) is 0 Å². The minimum atomic E-state index is 0.707. The molecule has 4 rings (SSSR count). The van der Waals surface area contributed by atoms with Crippen molar-refractivity contribution in [2.45, 2.75) is 27.2 Å². The third-order valence-electron chi connectivity index (χ3n) is 3.70. The van der Waals surface area contributed by atoms with Gasteiger partial charge in [-0.05, 0) is 25.3 Å². The Balaban J connectivity index is 0.000000636. The summed E-state index contributed by atoms with van der Waals surface area (Å²) in [6.45, 7) is 6.11. The van der Waals surface area contributed by atoms with E-state index in [0.717, 1.165) is 22.3 Å². The van der Waals surface area contributed by atoms with E-state index in [1.807, 2.05) is 13.8 Å². The number of hydrogen-bond donors (Lipinski definition) is 0. The Morgan fingerprint density at radius 3 is 2.81 bits per heavy atom. The van der Waals surface area contributed by atoms with E-state index < -0.39 is 0 Å². The topological polar surface area (TPSA) is 25.2 Å². The van der Waals surface area contributed by atoms with E-state index >= 15 is 0 Å². The van der Waals surface area contributed by atoms with Crippen LogP contribution in [-0.4, -0.2) is 11.2 Å². The summed E-state index contributed by atoms with van der Waals surface area (Å²) in [5, 5.41) is 3.19. The molecule has 2 heterocycles. The van der Waals surface area contributed by atoms with E-state index in [0.29, 0.717) is 5.92 Å². The maximum absolute atomic E-state index is 4.73. The van der Waals surface area contributed by atoms with Crippen LogP contribution in [0.4, 0.5) is 0 Å². The van der Waals surface area contributed by atoms with Crippen LogP contribution in [0.15, 0.2) is 40.7 Å². The molecule has 0 radical (unpaired) electrons. The fourth-order valence-electron chi connectivity index (χ4n) is 2.47. The van der Waals surface area contributed by atoms with Crippen LogP contribution in [0, 0.1) is 18.8 Å². The molecule has 1 aliphatic carbocycles. The Bertz CT molecular complexity index is 697. The second kappa shape index (κ2) is 5.94. The van der Waals surface area contributed by atoms with Crippen LogP contribution in [0.2, 0.25) is 0 Å². The lowest BCUT2D eigenvalue weighted by molar-refractivity contribution is 1.03. The van der Waals surface area contributed by atoms with Crippen molar-refractivity contribution in [3.63, 3.8) is 0 Å². The number of thiazole rings is 1. The Hall–Kier alpha value is -1.74. The zero-order valence-electron chi connectivity index (χ0n) is 12.7. The van der Waals surface area contributed by atoms with Crippen LogP contribution in [0.25, 0.3) is 16.3 Å². The molecule has 1 aromatic carbocycles. The van der Waals surface area contributed by atoms with Gasteiger partial charge >= 0.3 is 0 Å². The minimum absolute atomic E-state index is 0.707. The van der Waals surface area contributed by atoms with E-state index in [9.17, 15) is 0 Å². The normalized spacial score (nSPS) is 22.0. The number of aromatic nitrogens is 1. The molecule has 1 fully saturated rings. The highest BCUT2D eigenvalue weighted by atomic mass is 32.1. The maximum atomic E-state index is 4.73. The van der Waals surface area contributed by atoms with Crippen LogP contribution in [0.1, 0.15) is 31.5 Å². The Morgan fingerprint density at radius 1 is 1.19 bits per heavy atom. The molecule has 1 saturated carbocycles. The lowest BCUT2D eigenvalue weighted by Crippen LogP contribution is -1.92. The zero-order chi connectivity index (χ0) is 14.8. The number of hydrogen-bond acceptors (Lipinski definition) is 3. The predicted octanol–water partition coefficient (Wildman–Crippen LogP) is 5.21. The first-order valence-corrected chi connectivity index (χ1v) is 8.46. The highest BCUT2D eigenvalue weighted by Crippen LogP contribution is 2.43. The fourth-order valence-corrected chi connectivity index (χ4v) is 3.28. The van der Waals surface area contributed by atoms with Gasteiger partial charge < -0.3 is 0 Å². The summed E-state index contributed by atoms with van der Waals surface area (Å²) in [5.41, 5.74) is 4.53. The first kappa shape index (κ1) is 14.2. The molecule has 108 valence electrons. The van der Waals surface area contributed by atoms with E-state index in [2.05, 4.69) is 53.9 Å². The van der Waals surface area contributed by atoms with Gasteiger partial charge in [0, 0.05) is 23.1 Å². The van der Waals surface area contributed by atoms with Gasteiger partial charge in [0.05, 0.1) is 11.4 Å². The van der Waals surface area contributed by atoms with Gasteiger partial charge in [-0.25, -0.2) is 4.98 Å². The van der Waals surface area contributed by atoms with Gasteiger partial charge in [-0.15, -0.1) is 11.3 Å². The summed E-state index contributed by atoms with van der Waals surface area (Å²) in [6, 6.07) is 8.49. The molecule has 0 amide bonds. The molecule has 1 aliphatic heterocycles. The predicted molar refractivity (Wildman–Crippen MR) is 91.7 cm³/mol. The first-order valence-electron chi connectivity index (χ1n) is 7.58. The van der Waals surface area contributed by atoms with Crippen molar-refractivity contribution in [2.24, 2.45) is 16.8 Å². The van der Waals surface area contributed by atoms with Gasteiger partial charge in [-0.2, -0.15) is 0 Å². The van der Waals surface area contributed by atoms with E-state index in [1.165, 1.54) is 17.5 Å². The Labute approximate surface area is 130 Å². The molecule has 2 atom stereocenters. The molecule has 0 bridgehead atoms. The van der Waals surface area contributed by atoms with Gasteiger partial charge in [-0.1, -0.05) is 43.7 Å². The van der Waals surface area contributed by atoms with Crippen molar-refractivity contribution < 1.29 is 0 Å². The highest BCUT2D eigenvalue weighted by Gasteiger charge is 2.36. The first-order chi connectivity index (χ1) is 10.3. The number of benzene rings is 1. The zero-order valence-corrected chi connectivity index (χ0v) is 13.5. The average Bonchev–Trinajstić information content (AvgIpc) is 3.13. The summed E-state index contributed by atoms with van der Waals surface area (Å²) >= 11 is 1.69. The van der Waals surface area contributed by atoms with Gasteiger partial charge in [0.25, 0.3) is 0 Å². The molecule has 2 aromatic rings. The lowest BCUT2D eigenvalue weighted by atomic mass is 10.1. The number of fused-ring (bicyclic) bond motifs is 1. The Kier molecular flexibility index (Phi) is 4.02. The number of aliphatic imine (C=N–C) groups is 1. The van der Waals surface area contributed by atoms with Crippen molar-refractivity contribution in [3.8, 4) is 10.6 Å². The van der Waals surface area contributed by atoms with Crippen molar-refractivity contribution >= 4 is 23.2 Å². The van der Waals surface area contributed by atoms with E-state index in [4.69, 9.17) is 4.98 Å². The molecule has 21 heavy (non-hydrogen) atoms. The molecule has 0 spiro atoms. The van der Waals surface area contributed by atoms with Crippen LogP contribution < -0.4 is 0 Å².